The van der Waals surface area contributed by atoms with Crippen molar-refractivity contribution >= 4 is 5.69 Å². The van der Waals surface area contributed by atoms with Gasteiger partial charge in [0, 0.05) is 6.54 Å². The number of hydrogen-bond donors (Lipinski definition) is 1. The molecule has 3 nitrogen and oxygen atoms in total. The molecule has 0 radical (unpaired) electrons. The van der Waals surface area contributed by atoms with Crippen molar-refractivity contribution < 1.29 is 9.47 Å². The fraction of sp³-hybridized carbons (Fsp3) is 0.429. The Labute approximate surface area is 146 Å². The second-order valence-corrected chi connectivity index (χ2v) is 6.40. The standard InChI is InChI=1S/C21H29NO2/c1-4-5-13-23-19-10-8-9-18(14-19)15-22-20-11-6-7-12-21(20)24-16-17(2)3/h6-12,14,17,22H,4-5,13,15-16H2,1-3H3. The van der Waals surface area contributed by atoms with Crippen LogP contribution in [-0.4, -0.2) is 13.2 Å². The molecule has 0 aromatic heterocycles. The Morgan fingerprint density at radius 1 is 1.00 bits per heavy atom. The topological polar surface area (TPSA) is 30.5 Å². The van der Waals surface area contributed by atoms with Crippen molar-refractivity contribution in [3.63, 3.8) is 0 Å². The van der Waals surface area contributed by atoms with Crippen molar-refractivity contribution in [2.45, 2.75) is 40.2 Å². The lowest BCUT2D eigenvalue weighted by Gasteiger charge is -2.15. The quantitative estimate of drug-likeness (QED) is 0.583. The highest BCUT2D eigenvalue weighted by molar-refractivity contribution is 5.56. The number of ether oxygens (including phenoxy) is 2. The normalized spacial score (nSPS) is 10.7. The summed E-state index contributed by atoms with van der Waals surface area (Å²) in [6, 6.07) is 16.3. The zero-order valence-corrected chi connectivity index (χ0v) is 15.0. The van der Waals surface area contributed by atoms with E-state index in [0.29, 0.717) is 5.92 Å². The summed E-state index contributed by atoms with van der Waals surface area (Å²) >= 11 is 0. The summed E-state index contributed by atoms with van der Waals surface area (Å²) in [5.41, 5.74) is 2.22. The molecule has 130 valence electrons. The fourth-order valence-corrected chi connectivity index (χ4v) is 2.27. The van der Waals surface area contributed by atoms with Crippen LogP contribution >= 0.6 is 0 Å². The second kappa shape index (κ2) is 9.86. The lowest BCUT2D eigenvalue weighted by atomic mass is 10.2. The average Bonchev–Trinajstić information content (AvgIpc) is 2.59. The monoisotopic (exact) mass is 327 g/mol. The predicted octanol–water partition coefficient (Wildman–Crippen LogP) is 5.51. The molecule has 0 unspecified atom stereocenters. The van der Waals surface area contributed by atoms with E-state index in [-0.39, 0.29) is 0 Å². The number of rotatable bonds is 10. The Kier molecular flexibility index (Phi) is 7.47. The summed E-state index contributed by atoms with van der Waals surface area (Å²) in [7, 11) is 0. The van der Waals surface area contributed by atoms with Crippen LogP contribution in [0, 0.1) is 5.92 Å². The maximum Gasteiger partial charge on any atom is 0.142 e. The molecular formula is C21H29NO2. The largest absolute Gasteiger partial charge is 0.494 e. The molecule has 1 N–H and O–H groups in total. The minimum Gasteiger partial charge on any atom is -0.494 e. The van der Waals surface area contributed by atoms with Gasteiger partial charge in [-0.1, -0.05) is 51.5 Å². The van der Waals surface area contributed by atoms with Crippen LogP contribution in [0.2, 0.25) is 0 Å². The number of anilines is 1. The molecule has 2 rings (SSSR count). The molecule has 0 aliphatic heterocycles. The molecule has 24 heavy (non-hydrogen) atoms. The lowest BCUT2D eigenvalue weighted by molar-refractivity contribution is 0.272. The summed E-state index contributed by atoms with van der Waals surface area (Å²) in [6.07, 6.45) is 2.23. The molecule has 0 heterocycles. The van der Waals surface area contributed by atoms with Crippen LogP contribution in [0.1, 0.15) is 39.2 Å². The smallest absolute Gasteiger partial charge is 0.142 e. The molecule has 0 saturated carbocycles. The molecule has 0 aliphatic rings. The molecule has 2 aromatic rings. The van der Waals surface area contributed by atoms with Gasteiger partial charge in [-0.25, -0.2) is 0 Å². The first-order chi connectivity index (χ1) is 11.7. The molecule has 0 aliphatic carbocycles. The average molecular weight is 327 g/mol. The molecule has 0 fully saturated rings. The van der Waals surface area contributed by atoms with E-state index in [1.54, 1.807) is 0 Å². The third-order valence-electron chi connectivity index (χ3n) is 3.61. The molecule has 2 aromatic carbocycles. The summed E-state index contributed by atoms with van der Waals surface area (Å²) in [4.78, 5) is 0. The fourth-order valence-electron chi connectivity index (χ4n) is 2.27. The Morgan fingerprint density at radius 2 is 1.83 bits per heavy atom. The van der Waals surface area contributed by atoms with E-state index in [1.165, 1.54) is 5.56 Å². The van der Waals surface area contributed by atoms with E-state index in [9.17, 15) is 0 Å². The first-order valence-corrected chi connectivity index (χ1v) is 8.86. The van der Waals surface area contributed by atoms with E-state index in [0.717, 1.165) is 49.8 Å². The second-order valence-electron chi connectivity index (χ2n) is 6.40. The number of benzene rings is 2. The summed E-state index contributed by atoms with van der Waals surface area (Å²) in [6.45, 7) is 8.72. The van der Waals surface area contributed by atoms with Crippen molar-refractivity contribution in [2.75, 3.05) is 18.5 Å². The Balaban J connectivity index is 1.94. The first kappa shape index (κ1) is 18.2. The third-order valence-corrected chi connectivity index (χ3v) is 3.61. The lowest BCUT2D eigenvalue weighted by Crippen LogP contribution is -2.07. The Bertz CT molecular complexity index is 610. The Hall–Kier alpha value is -2.16. The van der Waals surface area contributed by atoms with Gasteiger partial charge in [-0.2, -0.15) is 0 Å². The number of para-hydroxylation sites is 2. The van der Waals surface area contributed by atoms with Gasteiger partial charge in [-0.05, 0) is 42.2 Å². The zero-order valence-electron chi connectivity index (χ0n) is 15.0. The van der Waals surface area contributed by atoms with E-state index in [1.807, 2.05) is 30.3 Å². The van der Waals surface area contributed by atoms with E-state index in [4.69, 9.17) is 9.47 Å². The Morgan fingerprint density at radius 3 is 2.62 bits per heavy atom. The van der Waals surface area contributed by atoms with Gasteiger partial charge in [0.2, 0.25) is 0 Å². The minimum absolute atomic E-state index is 0.509. The SMILES string of the molecule is CCCCOc1cccc(CNc2ccccc2OCC(C)C)c1. The molecule has 0 spiro atoms. The van der Waals surface area contributed by atoms with E-state index >= 15 is 0 Å². The van der Waals surface area contributed by atoms with Crippen LogP contribution in [0.4, 0.5) is 5.69 Å². The van der Waals surface area contributed by atoms with Crippen molar-refractivity contribution in [1.82, 2.24) is 0 Å². The molecular weight excluding hydrogens is 298 g/mol. The maximum absolute atomic E-state index is 5.89. The third kappa shape index (κ3) is 6.15. The van der Waals surface area contributed by atoms with Crippen LogP contribution in [0.15, 0.2) is 48.5 Å². The highest BCUT2D eigenvalue weighted by Crippen LogP contribution is 2.25. The highest BCUT2D eigenvalue weighted by atomic mass is 16.5. The van der Waals surface area contributed by atoms with Crippen LogP contribution in [0.3, 0.4) is 0 Å². The minimum atomic E-state index is 0.509. The van der Waals surface area contributed by atoms with Gasteiger partial charge in [-0.3, -0.25) is 0 Å². The van der Waals surface area contributed by atoms with Gasteiger partial charge in [0.1, 0.15) is 11.5 Å². The van der Waals surface area contributed by atoms with Gasteiger partial charge in [0.15, 0.2) is 0 Å². The first-order valence-electron chi connectivity index (χ1n) is 8.86. The van der Waals surface area contributed by atoms with Crippen LogP contribution in [0.5, 0.6) is 11.5 Å². The van der Waals surface area contributed by atoms with Gasteiger partial charge >= 0.3 is 0 Å². The highest BCUT2D eigenvalue weighted by Gasteiger charge is 2.04. The van der Waals surface area contributed by atoms with Crippen molar-refractivity contribution in [1.29, 1.82) is 0 Å². The molecule has 3 heteroatoms. The number of hydrogen-bond acceptors (Lipinski definition) is 3. The number of nitrogens with one attached hydrogen (secondary N) is 1. The van der Waals surface area contributed by atoms with Gasteiger partial charge < -0.3 is 14.8 Å². The van der Waals surface area contributed by atoms with E-state index < -0.39 is 0 Å². The van der Waals surface area contributed by atoms with Gasteiger partial charge in [-0.15, -0.1) is 0 Å². The van der Waals surface area contributed by atoms with Crippen LogP contribution in [-0.2, 0) is 6.54 Å². The summed E-state index contributed by atoms with van der Waals surface area (Å²) in [5.74, 6) is 2.35. The van der Waals surface area contributed by atoms with Crippen LogP contribution in [0.25, 0.3) is 0 Å². The predicted molar refractivity (Wildman–Crippen MR) is 101 cm³/mol. The summed E-state index contributed by atoms with van der Waals surface area (Å²) in [5, 5.41) is 3.47. The van der Waals surface area contributed by atoms with Crippen molar-refractivity contribution in [3.8, 4) is 11.5 Å². The molecule has 0 bridgehead atoms. The van der Waals surface area contributed by atoms with Gasteiger partial charge in [0.25, 0.3) is 0 Å². The molecule has 0 amide bonds. The van der Waals surface area contributed by atoms with E-state index in [2.05, 4.69) is 44.3 Å². The number of unbranched alkanes of at least 4 members (excludes halogenated alkanes) is 1. The maximum atomic E-state index is 5.89. The molecule has 0 saturated heterocycles. The molecule has 0 atom stereocenters. The zero-order chi connectivity index (χ0) is 17.2. The van der Waals surface area contributed by atoms with Crippen molar-refractivity contribution in [2.24, 2.45) is 5.92 Å². The van der Waals surface area contributed by atoms with Crippen LogP contribution < -0.4 is 14.8 Å². The van der Waals surface area contributed by atoms with Gasteiger partial charge in [0.05, 0.1) is 18.9 Å². The van der Waals surface area contributed by atoms with Crippen molar-refractivity contribution in [3.05, 3.63) is 54.1 Å². The summed E-state index contributed by atoms with van der Waals surface area (Å²) < 4.78 is 11.7.